The SMILES string of the molecule is Cc1cc2c(Cl)nc(-c3ccc(Cl)cc3Cl)nc2cc1F. The summed E-state index contributed by atoms with van der Waals surface area (Å²) < 4.78 is 13.7. The Morgan fingerprint density at radius 2 is 1.76 bits per heavy atom. The van der Waals surface area contributed by atoms with E-state index in [0.29, 0.717) is 37.9 Å². The van der Waals surface area contributed by atoms with Gasteiger partial charge in [-0.05, 0) is 36.8 Å². The summed E-state index contributed by atoms with van der Waals surface area (Å²) in [4.78, 5) is 8.57. The lowest BCUT2D eigenvalue weighted by atomic mass is 10.1. The first-order chi connectivity index (χ1) is 9.95. The van der Waals surface area contributed by atoms with Crippen molar-refractivity contribution in [2.45, 2.75) is 6.92 Å². The molecule has 3 rings (SSSR count). The second kappa shape index (κ2) is 5.41. The number of aromatic nitrogens is 2. The van der Waals surface area contributed by atoms with E-state index in [4.69, 9.17) is 34.8 Å². The van der Waals surface area contributed by atoms with E-state index in [-0.39, 0.29) is 11.0 Å². The first-order valence-corrected chi connectivity index (χ1v) is 7.18. The number of hydrogen-bond acceptors (Lipinski definition) is 2. The van der Waals surface area contributed by atoms with Gasteiger partial charge < -0.3 is 0 Å². The van der Waals surface area contributed by atoms with Crippen LogP contribution in [-0.2, 0) is 0 Å². The summed E-state index contributed by atoms with van der Waals surface area (Å²) in [5.74, 6) is -0.0113. The van der Waals surface area contributed by atoms with Crippen molar-refractivity contribution in [2.75, 3.05) is 0 Å². The monoisotopic (exact) mass is 340 g/mol. The number of fused-ring (bicyclic) bond motifs is 1. The van der Waals surface area contributed by atoms with Crippen LogP contribution in [0.2, 0.25) is 15.2 Å². The smallest absolute Gasteiger partial charge is 0.162 e. The molecule has 6 heteroatoms. The van der Waals surface area contributed by atoms with Gasteiger partial charge in [-0.25, -0.2) is 14.4 Å². The van der Waals surface area contributed by atoms with Crippen molar-refractivity contribution in [3.63, 3.8) is 0 Å². The van der Waals surface area contributed by atoms with Crippen molar-refractivity contribution in [3.8, 4) is 11.4 Å². The minimum Gasteiger partial charge on any atom is -0.228 e. The maximum atomic E-state index is 13.7. The highest BCUT2D eigenvalue weighted by atomic mass is 35.5. The molecule has 0 aliphatic rings. The third-order valence-corrected chi connectivity index (χ3v) is 3.94. The van der Waals surface area contributed by atoms with Gasteiger partial charge in [0.2, 0.25) is 0 Å². The van der Waals surface area contributed by atoms with Crippen molar-refractivity contribution < 1.29 is 4.39 Å². The standard InChI is InChI=1S/C15H8Cl3FN2/c1-7-4-10-13(6-12(7)19)20-15(21-14(10)18)9-3-2-8(16)5-11(9)17/h2-6H,1H3. The molecule has 21 heavy (non-hydrogen) atoms. The molecule has 2 aromatic carbocycles. The Morgan fingerprint density at radius 3 is 2.48 bits per heavy atom. The first kappa shape index (κ1) is 14.5. The maximum absolute atomic E-state index is 13.7. The Hall–Kier alpha value is -1.42. The molecule has 106 valence electrons. The van der Waals surface area contributed by atoms with Crippen molar-refractivity contribution >= 4 is 45.7 Å². The van der Waals surface area contributed by atoms with E-state index in [2.05, 4.69) is 9.97 Å². The number of halogens is 4. The Bertz CT molecular complexity index is 865. The summed E-state index contributed by atoms with van der Waals surface area (Å²) in [5.41, 5.74) is 1.51. The molecule has 0 amide bonds. The molecule has 3 aromatic rings. The molecule has 0 bridgehead atoms. The third-order valence-electron chi connectivity index (χ3n) is 3.10. The van der Waals surface area contributed by atoms with Gasteiger partial charge in [-0.2, -0.15) is 0 Å². The Kier molecular flexibility index (Phi) is 3.74. The predicted molar refractivity (Wildman–Crippen MR) is 84.7 cm³/mol. The molecule has 0 aliphatic heterocycles. The number of aryl methyl sites for hydroxylation is 1. The summed E-state index contributed by atoms with van der Waals surface area (Å²) in [7, 11) is 0. The molecule has 0 aliphatic carbocycles. The number of hydrogen-bond donors (Lipinski definition) is 0. The highest BCUT2D eigenvalue weighted by Crippen LogP contribution is 2.31. The second-order valence-electron chi connectivity index (χ2n) is 4.58. The van der Waals surface area contributed by atoms with Crippen LogP contribution in [0.25, 0.3) is 22.3 Å². The molecule has 0 atom stereocenters. The van der Waals surface area contributed by atoms with Crippen molar-refractivity contribution in [2.24, 2.45) is 0 Å². The molecular formula is C15H8Cl3FN2. The van der Waals surface area contributed by atoms with Gasteiger partial charge in [0, 0.05) is 22.0 Å². The van der Waals surface area contributed by atoms with Crippen LogP contribution in [0.4, 0.5) is 4.39 Å². The Balaban J connectivity index is 2.27. The zero-order valence-electron chi connectivity index (χ0n) is 10.8. The Labute approximate surface area is 135 Å². The quantitative estimate of drug-likeness (QED) is 0.530. The van der Waals surface area contributed by atoms with Crippen molar-refractivity contribution in [1.82, 2.24) is 9.97 Å². The minimum atomic E-state index is -0.342. The number of benzene rings is 2. The van der Waals surface area contributed by atoms with Gasteiger partial charge in [-0.1, -0.05) is 34.8 Å². The maximum Gasteiger partial charge on any atom is 0.162 e. The summed E-state index contributed by atoms with van der Waals surface area (Å²) >= 11 is 18.2. The second-order valence-corrected chi connectivity index (χ2v) is 5.78. The van der Waals surface area contributed by atoms with E-state index >= 15 is 0 Å². The molecule has 2 nitrogen and oxygen atoms in total. The molecule has 0 fully saturated rings. The molecule has 0 unspecified atom stereocenters. The topological polar surface area (TPSA) is 25.8 Å². The van der Waals surface area contributed by atoms with E-state index in [1.54, 1.807) is 31.2 Å². The zero-order chi connectivity index (χ0) is 15.1. The summed E-state index contributed by atoms with van der Waals surface area (Å²) in [6.07, 6.45) is 0. The zero-order valence-corrected chi connectivity index (χ0v) is 13.1. The Morgan fingerprint density at radius 1 is 1.00 bits per heavy atom. The van der Waals surface area contributed by atoms with E-state index in [1.165, 1.54) is 6.07 Å². The summed E-state index contributed by atoms with van der Waals surface area (Å²) in [6, 6.07) is 7.94. The van der Waals surface area contributed by atoms with Gasteiger partial charge in [-0.15, -0.1) is 0 Å². The van der Waals surface area contributed by atoms with Crippen LogP contribution < -0.4 is 0 Å². The average Bonchev–Trinajstić information content (AvgIpc) is 2.41. The van der Waals surface area contributed by atoms with E-state index in [9.17, 15) is 4.39 Å². The molecule has 0 radical (unpaired) electrons. The van der Waals surface area contributed by atoms with Crippen LogP contribution in [-0.4, -0.2) is 9.97 Å². The molecule has 0 saturated heterocycles. The fourth-order valence-electron chi connectivity index (χ4n) is 2.01. The first-order valence-electron chi connectivity index (χ1n) is 6.04. The van der Waals surface area contributed by atoms with Crippen LogP contribution >= 0.6 is 34.8 Å². The fraction of sp³-hybridized carbons (Fsp3) is 0.0667. The summed E-state index contributed by atoms with van der Waals surface area (Å²) in [6.45, 7) is 1.66. The highest BCUT2D eigenvalue weighted by Gasteiger charge is 2.13. The van der Waals surface area contributed by atoms with Gasteiger partial charge in [0.05, 0.1) is 10.5 Å². The lowest BCUT2D eigenvalue weighted by molar-refractivity contribution is 0.620. The van der Waals surface area contributed by atoms with Crippen LogP contribution in [0.5, 0.6) is 0 Å². The predicted octanol–water partition coefficient (Wildman–Crippen LogP) is 5.70. The van der Waals surface area contributed by atoms with Crippen LogP contribution in [0.3, 0.4) is 0 Å². The lowest BCUT2D eigenvalue weighted by Crippen LogP contribution is -1.94. The van der Waals surface area contributed by atoms with Crippen LogP contribution in [0, 0.1) is 12.7 Å². The van der Waals surface area contributed by atoms with Crippen molar-refractivity contribution in [1.29, 1.82) is 0 Å². The van der Waals surface area contributed by atoms with Gasteiger partial charge in [0.25, 0.3) is 0 Å². The van der Waals surface area contributed by atoms with Crippen molar-refractivity contribution in [3.05, 3.63) is 56.9 Å². The van der Waals surface area contributed by atoms with E-state index in [1.807, 2.05) is 0 Å². The minimum absolute atomic E-state index is 0.254. The van der Waals surface area contributed by atoms with Gasteiger partial charge in [-0.3, -0.25) is 0 Å². The van der Waals surface area contributed by atoms with Crippen LogP contribution in [0.1, 0.15) is 5.56 Å². The van der Waals surface area contributed by atoms with Gasteiger partial charge in [0.1, 0.15) is 11.0 Å². The molecule has 1 aromatic heterocycles. The van der Waals surface area contributed by atoms with Gasteiger partial charge in [0.15, 0.2) is 5.82 Å². The van der Waals surface area contributed by atoms with Gasteiger partial charge >= 0.3 is 0 Å². The number of nitrogens with zero attached hydrogens (tertiary/aromatic N) is 2. The molecule has 0 N–H and O–H groups in total. The molecule has 0 spiro atoms. The lowest BCUT2D eigenvalue weighted by Gasteiger charge is -2.07. The largest absolute Gasteiger partial charge is 0.228 e. The molecule has 0 saturated carbocycles. The average molecular weight is 342 g/mol. The van der Waals surface area contributed by atoms with Crippen LogP contribution in [0.15, 0.2) is 30.3 Å². The third kappa shape index (κ3) is 2.69. The molecular weight excluding hydrogens is 334 g/mol. The highest BCUT2D eigenvalue weighted by molar-refractivity contribution is 6.36. The van der Waals surface area contributed by atoms with E-state index in [0.717, 1.165) is 0 Å². The number of rotatable bonds is 1. The summed E-state index contributed by atoms with van der Waals surface area (Å²) in [5, 5.41) is 1.77. The van der Waals surface area contributed by atoms with E-state index < -0.39 is 0 Å². The normalized spacial score (nSPS) is 11.1. The fourth-order valence-corrected chi connectivity index (χ4v) is 2.74. The molecule has 1 heterocycles.